The lowest BCUT2D eigenvalue weighted by molar-refractivity contribution is 0.185. The highest BCUT2D eigenvalue weighted by Crippen LogP contribution is 2.25. The maximum absolute atomic E-state index is 5.11. The van der Waals surface area contributed by atoms with Crippen molar-refractivity contribution in [2.75, 3.05) is 63.7 Å². The number of anilines is 2. The van der Waals surface area contributed by atoms with E-state index in [4.69, 9.17) is 9.37 Å². The number of hydrogen-bond acceptors (Lipinski definition) is 9. The summed E-state index contributed by atoms with van der Waals surface area (Å²) in [5.41, 5.74) is 0.860. The number of fused-ring (bicyclic) bond motifs is 1. The van der Waals surface area contributed by atoms with Gasteiger partial charge in [-0.2, -0.15) is 0 Å². The predicted octanol–water partition coefficient (Wildman–Crippen LogP) is 1.63. The summed E-state index contributed by atoms with van der Waals surface area (Å²) < 4.78 is 9.89. The predicted molar refractivity (Wildman–Crippen MR) is 100 cm³/mol. The maximum Gasteiger partial charge on any atom is 0.245 e. The van der Waals surface area contributed by atoms with Gasteiger partial charge in [-0.3, -0.25) is 0 Å². The van der Waals surface area contributed by atoms with Gasteiger partial charge in [-0.05, 0) is 48.6 Å². The number of ether oxygens (including phenoxy) is 1. The molecule has 3 rings (SSSR count). The SMILES string of the molecule is CCN1CCC[C@H](CN(C)c2nc3nonc3nc2NCCCOC)C1. The van der Waals surface area contributed by atoms with E-state index in [2.05, 4.69) is 49.4 Å². The molecule has 26 heavy (non-hydrogen) atoms. The first-order chi connectivity index (χ1) is 12.7. The van der Waals surface area contributed by atoms with Gasteiger partial charge >= 0.3 is 0 Å². The van der Waals surface area contributed by atoms with Crippen LogP contribution in [0.1, 0.15) is 26.2 Å². The van der Waals surface area contributed by atoms with Gasteiger partial charge in [0, 0.05) is 40.4 Å². The molecule has 9 nitrogen and oxygen atoms in total. The third-order valence-electron chi connectivity index (χ3n) is 4.86. The van der Waals surface area contributed by atoms with E-state index < -0.39 is 0 Å². The molecule has 0 aromatic carbocycles. The summed E-state index contributed by atoms with van der Waals surface area (Å²) in [7, 11) is 3.77. The van der Waals surface area contributed by atoms with Crippen LogP contribution in [0.2, 0.25) is 0 Å². The summed E-state index contributed by atoms with van der Waals surface area (Å²) in [5.74, 6) is 2.14. The molecular formula is C17H29N7O2. The average Bonchev–Trinajstić information content (AvgIpc) is 3.12. The van der Waals surface area contributed by atoms with Crippen LogP contribution in [0, 0.1) is 5.92 Å². The lowest BCUT2D eigenvalue weighted by Crippen LogP contribution is -2.40. The Labute approximate surface area is 154 Å². The van der Waals surface area contributed by atoms with Gasteiger partial charge in [-0.1, -0.05) is 6.92 Å². The molecule has 0 saturated carbocycles. The Morgan fingerprint density at radius 2 is 2.12 bits per heavy atom. The van der Waals surface area contributed by atoms with Crippen molar-refractivity contribution >= 4 is 22.9 Å². The highest BCUT2D eigenvalue weighted by Gasteiger charge is 2.23. The van der Waals surface area contributed by atoms with E-state index in [1.54, 1.807) is 7.11 Å². The molecule has 0 spiro atoms. The van der Waals surface area contributed by atoms with Gasteiger partial charge in [-0.25, -0.2) is 14.6 Å². The molecule has 9 heteroatoms. The Morgan fingerprint density at radius 1 is 1.31 bits per heavy atom. The van der Waals surface area contributed by atoms with Crippen LogP contribution in [0.4, 0.5) is 11.6 Å². The van der Waals surface area contributed by atoms with Crippen molar-refractivity contribution in [2.45, 2.75) is 26.2 Å². The number of hydrogen-bond donors (Lipinski definition) is 1. The first-order valence-corrected chi connectivity index (χ1v) is 9.37. The van der Waals surface area contributed by atoms with Gasteiger partial charge in [-0.15, -0.1) is 0 Å². The van der Waals surface area contributed by atoms with Gasteiger partial charge in [0.05, 0.1) is 0 Å². The molecule has 1 N–H and O–H groups in total. The van der Waals surface area contributed by atoms with Crippen LogP contribution >= 0.6 is 0 Å². The van der Waals surface area contributed by atoms with Crippen LogP contribution in [0.15, 0.2) is 4.63 Å². The minimum atomic E-state index is 0.422. The van der Waals surface area contributed by atoms with Crippen molar-refractivity contribution in [3.8, 4) is 0 Å². The van der Waals surface area contributed by atoms with Crippen LogP contribution in [0.25, 0.3) is 11.3 Å². The van der Waals surface area contributed by atoms with Crippen molar-refractivity contribution < 1.29 is 9.37 Å². The van der Waals surface area contributed by atoms with E-state index in [1.807, 2.05) is 0 Å². The van der Waals surface area contributed by atoms with Gasteiger partial charge in [0.15, 0.2) is 11.6 Å². The molecule has 1 saturated heterocycles. The summed E-state index contributed by atoms with van der Waals surface area (Å²) in [6, 6.07) is 0. The zero-order valence-corrected chi connectivity index (χ0v) is 15.9. The molecule has 1 atom stereocenters. The second-order valence-electron chi connectivity index (χ2n) is 6.86. The molecule has 2 aromatic rings. The van der Waals surface area contributed by atoms with Crippen LogP contribution in [-0.4, -0.2) is 78.7 Å². The van der Waals surface area contributed by atoms with Crippen LogP contribution in [0.3, 0.4) is 0 Å². The lowest BCUT2D eigenvalue weighted by atomic mass is 9.97. The van der Waals surface area contributed by atoms with Crippen LogP contribution in [0.5, 0.6) is 0 Å². The topological polar surface area (TPSA) is 92.4 Å². The normalized spacial score (nSPS) is 18.3. The quantitative estimate of drug-likeness (QED) is 0.667. The van der Waals surface area contributed by atoms with Gasteiger partial charge in [0.25, 0.3) is 0 Å². The summed E-state index contributed by atoms with van der Waals surface area (Å²) in [6.07, 6.45) is 3.40. The van der Waals surface area contributed by atoms with E-state index in [9.17, 15) is 0 Å². The molecule has 0 unspecified atom stereocenters. The minimum Gasteiger partial charge on any atom is -0.385 e. The Kier molecular flexibility index (Phi) is 6.56. The van der Waals surface area contributed by atoms with E-state index in [1.165, 1.54) is 19.4 Å². The highest BCUT2D eigenvalue weighted by molar-refractivity contribution is 5.73. The summed E-state index contributed by atoms with van der Waals surface area (Å²) in [4.78, 5) is 13.9. The van der Waals surface area contributed by atoms with Crippen LogP contribution < -0.4 is 10.2 Å². The molecule has 1 fully saturated rings. The molecule has 1 aliphatic heterocycles. The number of methoxy groups -OCH3 is 1. The number of aromatic nitrogens is 4. The molecular weight excluding hydrogens is 334 g/mol. The maximum atomic E-state index is 5.11. The largest absolute Gasteiger partial charge is 0.385 e. The first-order valence-electron chi connectivity index (χ1n) is 9.37. The molecule has 3 heterocycles. The number of piperidine rings is 1. The molecule has 1 aliphatic rings. The highest BCUT2D eigenvalue weighted by atomic mass is 16.6. The summed E-state index contributed by atoms with van der Waals surface area (Å²) in [5, 5.41) is 11.0. The van der Waals surface area contributed by atoms with E-state index in [-0.39, 0.29) is 0 Å². The Balaban J connectivity index is 1.73. The zero-order valence-electron chi connectivity index (χ0n) is 15.9. The van der Waals surface area contributed by atoms with E-state index in [0.717, 1.165) is 44.2 Å². The fraction of sp³-hybridized carbons (Fsp3) is 0.765. The second kappa shape index (κ2) is 9.09. The Hall–Kier alpha value is -2.00. The molecule has 0 aliphatic carbocycles. The number of likely N-dealkylation sites (tertiary alicyclic amines) is 1. The fourth-order valence-corrected chi connectivity index (χ4v) is 3.50. The number of rotatable bonds is 9. The number of nitrogens with zero attached hydrogens (tertiary/aromatic N) is 6. The minimum absolute atomic E-state index is 0.422. The molecule has 0 bridgehead atoms. The fourth-order valence-electron chi connectivity index (χ4n) is 3.50. The third kappa shape index (κ3) is 4.59. The molecule has 2 aromatic heterocycles. The van der Waals surface area contributed by atoms with Crippen molar-refractivity contribution in [3.63, 3.8) is 0 Å². The molecule has 0 radical (unpaired) electrons. The van der Waals surface area contributed by atoms with Crippen molar-refractivity contribution in [1.82, 2.24) is 25.2 Å². The standard InChI is InChI=1S/C17H29N7O2/c1-4-24-9-5-7-13(12-24)11-23(2)17-16(18-8-6-10-25-3)19-14-15(20-17)22-26-21-14/h13H,4-12H2,1-3H3,(H,18,19,21)/t13-/m1/s1. The second-order valence-corrected chi connectivity index (χ2v) is 6.86. The van der Waals surface area contributed by atoms with E-state index >= 15 is 0 Å². The Morgan fingerprint density at radius 3 is 2.88 bits per heavy atom. The van der Waals surface area contributed by atoms with Crippen LogP contribution in [-0.2, 0) is 4.74 Å². The Bertz CT molecular complexity index is 693. The average molecular weight is 363 g/mol. The van der Waals surface area contributed by atoms with Gasteiger partial charge in [0.2, 0.25) is 11.3 Å². The molecule has 0 amide bonds. The monoisotopic (exact) mass is 363 g/mol. The van der Waals surface area contributed by atoms with Gasteiger partial charge in [0.1, 0.15) is 0 Å². The summed E-state index contributed by atoms with van der Waals surface area (Å²) >= 11 is 0. The zero-order chi connectivity index (χ0) is 18.4. The van der Waals surface area contributed by atoms with Gasteiger partial charge < -0.3 is 19.9 Å². The summed E-state index contributed by atoms with van der Waals surface area (Å²) in [6.45, 7) is 8.09. The van der Waals surface area contributed by atoms with Crippen molar-refractivity contribution in [3.05, 3.63) is 0 Å². The van der Waals surface area contributed by atoms with E-state index in [0.29, 0.717) is 23.8 Å². The van der Waals surface area contributed by atoms with Crippen molar-refractivity contribution in [2.24, 2.45) is 5.92 Å². The number of nitrogens with one attached hydrogen (secondary N) is 1. The molecule has 144 valence electrons. The third-order valence-corrected chi connectivity index (χ3v) is 4.86. The smallest absolute Gasteiger partial charge is 0.245 e. The van der Waals surface area contributed by atoms with Crippen molar-refractivity contribution in [1.29, 1.82) is 0 Å². The first kappa shape index (κ1) is 18.8. The lowest BCUT2D eigenvalue weighted by Gasteiger charge is -2.34.